The Bertz CT molecular complexity index is 1820. The average molecular weight is 878 g/mol. The van der Waals surface area contributed by atoms with Crippen LogP contribution in [-0.2, 0) is 50.7 Å². The van der Waals surface area contributed by atoms with Gasteiger partial charge in [0.15, 0.2) is 22.8 Å². The average Bonchev–Trinajstić information content (AvgIpc) is 3.64. The Labute approximate surface area is 323 Å². The van der Waals surface area contributed by atoms with Crippen molar-refractivity contribution < 1.29 is 85.6 Å². The maximum absolute atomic E-state index is 12.5. The van der Waals surface area contributed by atoms with Crippen molar-refractivity contribution in [2.75, 3.05) is 37.8 Å². The summed E-state index contributed by atoms with van der Waals surface area (Å²) >= 11 is 0.953. The minimum Gasteiger partial charge on any atom is -0.790 e. The molecule has 1 aliphatic heterocycles. The molecule has 1 saturated heterocycles. The number of nitrogens with zero attached hydrogens (tertiary/aromatic N) is 4. The van der Waals surface area contributed by atoms with Crippen molar-refractivity contribution in [3.05, 3.63) is 12.7 Å². The fourth-order valence-corrected chi connectivity index (χ4v) is 8.44. The molecule has 29 heteroatoms. The van der Waals surface area contributed by atoms with E-state index in [1.165, 1.54) is 13.8 Å². The Morgan fingerprint density at radius 3 is 2.41 bits per heavy atom. The number of phosphoric acid groups is 3. The molecular weight excluding hydrogens is 835 g/mol. The zero-order chi connectivity index (χ0) is 42.1. The van der Waals surface area contributed by atoms with Gasteiger partial charge in [0, 0.05) is 37.1 Å². The van der Waals surface area contributed by atoms with E-state index < -0.39 is 90.7 Å². The summed E-state index contributed by atoms with van der Waals surface area (Å²) in [6, 6.07) is 0. The molecule has 0 aromatic carbocycles. The van der Waals surface area contributed by atoms with Gasteiger partial charge in [0.1, 0.15) is 36.3 Å². The molecule has 3 heterocycles. The maximum Gasteiger partial charge on any atom is 0.274 e. The van der Waals surface area contributed by atoms with E-state index >= 15 is 0 Å². The van der Waals surface area contributed by atoms with E-state index in [2.05, 4.69) is 43.5 Å². The van der Waals surface area contributed by atoms with Gasteiger partial charge in [0.25, 0.3) is 15.6 Å². The summed E-state index contributed by atoms with van der Waals surface area (Å²) in [5, 5.41) is 35.6. The van der Waals surface area contributed by atoms with Crippen LogP contribution in [0, 0.1) is 5.41 Å². The number of nitrogens with two attached hydrogens (primary N) is 1. The molecule has 1 fully saturated rings. The van der Waals surface area contributed by atoms with E-state index in [9.17, 15) is 63.0 Å². The van der Waals surface area contributed by atoms with Crippen molar-refractivity contribution in [1.82, 2.24) is 30.2 Å². The molecule has 25 nitrogen and oxygen atoms in total. The van der Waals surface area contributed by atoms with Crippen molar-refractivity contribution in [3.8, 4) is 0 Å². The Morgan fingerprint density at radius 1 is 1.07 bits per heavy atom. The molecule has 8 atom stereocenters. The van der Waals surface area contributed by atoms with Crippen LogP contribution in [0.25, 0.3) is 11.2 Å². The number of thioether (sulfide) groups is 1. The molecule has 0 radical (unpaired) electrons. The fraction of sp³-hybridized carbons (Fsp3) is 0.704. The standard InChI is InChI=1S/C27H46N7O18P3S/c1-4-5-15(35)10-18(37)56-9-8-29-17(36)6-7-30-25(40)22(39)27(2,3)12-49-55(46,47)52-54(44,45)48-11-16-21(51-53(41,42)43)20(38)26(50-16)34-14-33-19-23(28)31-13-32-24(19)34/h13-16,20-22,26,35,38-39H,4-12H2,1-3H3,(H,29,36)(H,30,40)(H,44,45)(H,46,47)(H2,28,31,32)(H2,41,42,43)/p-4/t15-,16+,20+,21+,22-,26+/m0/s1. The lowest BCUT2D eigenvalue weighted by Gasteiger charge is -2.36. The lowest BCUT2D eigenvalue weighted by Crippen LogP contribution is -2.46. The zero-order valence-corrected chi connectivity index (χ0v) is 33.6. The zero-order valence-electron chi connectivity index (χ0n) is 30.1. The van der Waals surface area contributed by atoms with Gasteiger partial charge in [-0.3, -0.25) is 28.1 Å². The second kappa shape index (κ2) is 20.5. The van der Waals surface area contributed by atoms with E-state index in [1.54, 1.807) is 0 Å². The van der Waals surface area contributed by atoms with Crippen molar-refractivity contribution in [1.29, 1.82) is 0 Å². The first kappa shape index (κ1) is 47.9. The summed E-state index contributed by atoms with van der Waals surface area (Å²) in [5.41, 5.74) is 4.04. The number of nitrogens with one attached hydrogen (secondary N) is 2. The number of anilines is 1. The first-order valence-electron chi connectivity index (χ1n) is 16.6. The van der Waals surface area contributed by atoms with Crippen molar-refractivity contribution in [2.45, 2.75) is 83.2 Å². The Hall–Kier alpha value is -2.48. The Morgan fingerprint density at radius 2 is 1.75 bits per heavy atom. The van der Waals surface area contributed by atoms with Gasteiger partial charge in [-0.2, -0.15) is 0 Å². The molecule has 0 saturated carbocycles. The molecule has 0 aliphatic carbocycles. The van der Waals surface area contributed by atoms with Crippen LogP contribution in [0.3, 0.4) is 0 Å². The van der Waals surface area contributed by atoms with E-state index in [0.29, 0.717) is 6.42 Å². The highest BCUT2D eigenvalue weighted by Gasteiger charge is 2.47. The van der Waals surface area contributed by atoms with Crippen LogP contribution < -0.4 is 35.9 Å². The minimum atomic E-state index is -5.92. The number of hydrogen-bond acceptors (Lipinski definition) is 23. The highest BCUT2D eigenvalue weighted by Crippen LogP contribution is 2.56. The van der Waals surface area contributed by atoms with Gasteiger partial charge < -0.3 is 74.1 Å². The van der Waals surface area contributed by atoms with Gasteiger partial charge >= 0.3 is 0 Å². The van der Waals surface area contributed by atoms with Crippen LogP contribution in [0.4, 0.5) is 5.82 Å². The molecule has 7 N–H and O–H groups in total. The molecule has 3 rings (SSSR count). The van der Waals surface area contributed by atoms with Gasteiger partial charge in [-0.1, -0.05) is 39.0 Å². The number of aromatic nitrogens is 4. The topological polar surface area (TPSA) is 395 Å². The summed E-state index contributed by atoms with van der Waals surface area (Å²) in [6.07, 6.45) is -7.15. The highest BCUT2D eigenvalue weighted by atomic mass is 32.2. The number of aliphatic hydroxyl groups is 3. The third-order valence-corrected chi connectivity index (χ3v) is 11.7. The molecule has 0 spiro atoms. The molecular formula is C27H42N7O18P3S-4. The molecule has 2 amide bonds. The number of ether oxygens (including phenoxy) is 1. The number of carbonyl (C=O) groups excluding carboxylic acids is 3. The third kappa shape index (κ3) is 14.7. The first-order chi connectivity index (χ1) is 25.9. The molecule has 0 bridgehead atoms. The summed E-state index contributed by atoms with van der Waals surface area (Å²) in [5.74, 6) is -1.35. The van der Waals surface area contributed by atoms with E-state index in [0.717, 1.165) is 35.4 Å². The largest absolute Gasteiger partial charge is 0.790 e. The van der Waals surface area contributed by atoms with Crippen LogP contribution in [-0.4, -0.2) is 114 Å². The van der Waals surface area contributed by atoms with Crippen molar-refractivity contribution in [3.63, 3.8) is 0 Å². The van der Waals surface area contributed by atoms with E-state index in [1.807, 2.05) is 6.92 Å². The summed E-state index contributed by atoms with van der Waals surface area (Å²) in [7, 11) is -17.6. The van der Waals surface area contributed by atoms with Crippen LogP contribution in [0.2, 0.25) is 0 Å². The Balaban J connectivity index is 1.48. The number of imidazole rings is 1. The normalized spacial score (nSPS) is 22.2. The van der Waals surface area contributed by atoms with Crippen molar-refractivity contribution in [2.24, 2.45) is 5.41 Å². The van der Waals surface area contributed by atoms with E-state index in [-0.39, 0.29) is 53.8 Å². The number of aliphatic hydroxyl groups excluding tert-OH is 3. The van der Waals surface area contributed by atoms with Crippen LogP contribution >= 0.6 is 35.2 Å². The summed E-state index contributed by atoms with van der Waals surface area (Å²) in [4.78, 5) is 95.8. The lowest BCUT2D eigenvalue weighted by molar-refractivity contribution is -0.347. The summed E-state index contributed by atoms with van der Waals surface area (Å²) < 4.78 is 60.4. The molecule has 2 aromatic heterocycles. The predicted octanol–water partition coefficient (Wildman–Crippen LogP) is -3.31. The molecule has 1 aliphatic rings. The predicted molar refractivity (Wildman–Crippen MR) is 184 cm³/mol. The second-order valence-corrected chi connectivity index (χ2v) is 18.1. The van der Waals surface area contributed by atoms with E-state index in [4.69, 9.17) is 10.5 Å². The number of rotatable bonds is 23. The first-order valence-corrected chi connectivity index (χ1v) is 22.0. The minimum absolute atomic E-state index is 0.00116. The molecule has 2 aromatic rings. The monoisotopic (exact) mass is 877 g/mol. The van der Waals surface area contributed by atoms with Crippen LogP contribution in [0.5, 0.6) is 0 Å². The fourth-order valence-electron chi connectivity index (χ4n) is 4.96. The maximum atomic E-state index is 12.5. The number of amides is 2. The number of nitrogen functional groups attached to an aromatic ring is 1. The SMILES string of the molecule is CCC[C@H](O)CC(=O)SCCNC(=O)CCNC(=O)[C@H](O)C(C)(C)COP(=O)([O-])OP(=O)([O-])OC[C@H]1O[C@@H](n2cnc3c(N)ncnc32)[C@H](O)[C@@H]1OP(=O)([O-])[O-]. The van der Waals surface area contributed by atoms with Crippen molar-refractivity contribution >= 4 is 69.1 Å². The number of carbonyl (C=O) groups is 3. The molecule has 56 heavy (non-hydrogen) atoms. The van der Waals surface area contributed by atoms with Gasteiger partial charge in [-0.25, -0.2) is 19.3 Å². The van der Waals surface area contributed by atoms with Gasteiger partial charge in [-0.05, 0) is 6.42 Å². The van der Waals surface area contributed by atoms with Crippen LogP contribution in [0.1, 0.15) is 52.7 Å². The second-order valence-electron chi connectivity index (χ2n) is 12.9. The molecule has 318 valence electrons. The number of fused-ring (bicyclic) bond motifs is 1. The third-order valence-electron chi connectivity index (χ3n) is 7.76. The molecule has 2 unspecified atom stereocenters. The quantitative estimate of drug-likeness (QED) is 0.0470. The summed E-state index contributed by atoms with van der Waals surface area (Å²) in [6.45, 7) is 1.85. The highest BCUT2D eigenvalue weighted by molar-refractivity contribution is 8.13. The van der Waals surface area contributed by atoms with Crippen LogP contribution in [0.15, 0.2) is 12.7 Å². The lowest BCUT2D eigenvalue weighted by atomic mass is 9.87. The van der Waals surface area contributed by atoms with Gasteiger partial charge in [0.05, 0.1) is 33.5 Å². The van der Waals surface area contributed by atoms with Gasteiger partial charge in [0.2, 0.25) is 11.8 Å². The smallest absolute Gasteiger partial charge is 0.274 e. The number of hydrogen-bond donors (Lipinski definition) is 6. The Kier molecular flexibility index (Phi) is 17.5. The number of phosphoric ester groups is 3. The van der Waals surface area contributed by atoms with Gasteiger partial charge in [-0.15, -0.1) is 0 Å².